The Kier molecular flexibility index (Phi) is 8.09. The Hall–Kier alpha value is 0.460. The van der Waals surface area contributed by atoms with Crippen LogP contribution < -0.4 is 11.6 Å². The molecule has 0 heterocycles. The summed E-state index contributed by atoms with van der Waals surface area (Å²) in [7, 11) is 0. The molecule has 0 spiro atoms. The third kappa shape index (κ3) is 3.58. The van der Waals surface area contributed by atoms with Gasteiger partial charge in [-0.3, -0.25) is 0 Å². The summed E-state index contributed by atoms with van der Waals surface area (Å²) in [5.74, 6) is 5.48. The van der Waals surface area contributed by atoms with Crippen LogP contribution in [-0.2, 0) is 4.84 Å². The van der Waals surface area contributed by atoms with Crippen molar-refractivity contribution in [3.05, 3.63) is 0 Å². The van der Waals surface area contributed by atoms with E-state index >= 15 is 0 Å². The van der Waals surface area contributed by atoms with Gasteiger partial charge >= 0.3 is 0 Å². The van der Waals surface area contributed by atoms with E-state index in [1.165, 1.54) is 0 Å². The molecule has 1 fully saturated rings. The Bertz CT molecular complexity index is 75.3. The van der Waals surface area contributed by atoms with Crippen molar-refractivity contribution in [1.82, 2.24) is 0 Å². The summed E-state index contributed by atoms with van der Waals surface area (Å²) in [6.07, 6.45) is 2.16. The fourth-order valence-electron chi connectivity index (χ4n) is 1.06. The van der Waals surface area contributed by atoms with Crippen LogP contribution in [0.5, 0.6) is 0 Å². The zero-order valence-corrected chi connectivity index (χ0v) is 7.29. The minimum absolute atomic E-state index is 0. The van der Waals surface area contributed by atoms with Gasteiger partial charge in [-0.25, -0.2) is 5.90 Å². The van der Waals surface area contributed by atoms with E-state index in [4.69, 9.17) is 11.6 Å². The van der Waals surface area contributed by atoms with Gasteiger partial charge in [-0.05, 0) is 18.8 Å². The predicted molar refractivity (Wildman–Crippen MR) is 45.3 cm³/mol. The molecule has 10 heavy (non-hydrogen) atoms. The highest BCUT2D eigenvalue weighted by Gasteiger charge is 2.25. The lowest BCUT2D eigenvalue weighted by Gasteiger charge is -2.31. The number of hydrogen-bond donors (Lipinski definition) is 2. The zero-order valence-electron chi connectivity index (χ0n) is 5.66. The maximum atomic E-state index is 5.50. The molecule has 1 saturated carbocycles. The normalized spacial score (nSPS) is 29.4. The molecule has 0 aromatic rings. The van der Waals surface area contributed by atoms with Gasteiger partial charge in [-0.2, -0.15) is 0 Å². The van der Waals surface area contributed by atoms with Gasteiger partial charge in [0, 0.05) is 6.04 Å². The molecule has 0 amide bonds. The van der Waals surface area contributed by atoms with Crippen LogP contribution in [0.25, 0.3) is 0 Å². The van der Waals surface area contributed by atoms with Crippen LogP contribution in [0.15, 0.2) is 0 Å². The van der Waals surface area contributed by atoms with Crippen molar-refractivity contribution in [3.8, 4) is 0 Å². The van der Waals surface area contributed by atoms with E-state index in [0.29, 0.717) is 18.6 Å². The lowest BCUT2D eigenvalue weighted by molar-refractivity contribution is 0.0625. The minimum atomic E-state index is 0. The summed E-state index contributed by atoms with van der Waals surface area (Å²) in [5.41, 5.74) is 5.50. The molecule has 4 N–H and O–H groups in total. The Labute approximate surface area is 73.2 Å². The van der Waals surface area contributed by atoms with Crippen molar-refractivity contribution in [2.24, 2.45) is 17.5 Å². The van der Waals surface area contributed by atoms with Gasteiger partial charge in [-0.15, -0.1) is 24.8 Å². The van der Waals surface area contributed by atoms with Crippen LogP contribution in [0.1, 0.15) is 12.8 Å². The highest BCUT2D eigenvalue weighted by molar-refractivity contribution is 5.85. The third-order valence-corrected chi connectivity index (χ3v) is 1.60. The highest BCUT2D eigenvalue weighted by Crippen LogP contribution is 2.24. The highest BCUT2D eigenvalue weighted by atomic mass is 35.5. The first-order valence-corrected chi connectivity index (χ1v) is 2.90. The second kappa shape index (κ2) is 6.19. The van der Waals surface area contributed by atoms with Gasteiger partial charge in [0.25, 0.3) is 0 Å². The number of halogens is 2. The molecule has 0 unspecified atom stereocenters. The topological polar surface area (TPSA) is 61.3 Å². The molecule has 1 aliphatic carbocycles. The Morgan fingerprint density at radius 3 is 2.10 bits per heavy atom. The van der Waals surface area contributed by atoms with E-state index in [-0.39, 0.29) is 24.8 Å². The summed E-state index contributed by atoms with van der Waals surface area (Å²) in [5, 5.41) is 0. The molecule has 0 saturated heterocycles. The SMILES string of the molecule is Cl.Cl.NOC[C@H]1C[C@H](N)C1. The van der Waals surface area contributed by atoms with Crippen LogP contribution in [0.3, 0.4) is 0 Å². The summed E-state index contributed by atoms with van der Waals surface area (Å²) in [6, 6.07) is 0.412. The molecule has 64 valence electrons. The molecular weight excluding hydrogens is 175 g/mol. The first-order valence-electron chi connectivity index (χ1n) is 2.90. The Morgan fingerprint density at radius 1 is 1.30 bits per heavy atom. The van der Waals surface area contributed by atoms with Crippen LogP contribution in [0.4, 0.5) is 0 Å². The van der Waals surface area contributed by atoms with Gasteiger partial charge in [0.1, 0.15) is 0 Å². The van der Waals surface area contributed by atoms with Crippen LogP contribution >= 0.6 is 24.8 Å². The second-order valence-electron chi connectivity index (χ2n) is 2.43. The van der Waals surface area contributed by atoms with E-state index in [0.717, 1.165) is 12.8 Å². The molecule has 5 heteroatoms. The maximum absolute atomic E-state index is 5.50. The summed E-state index contributed by atoms with van der Waals surface area (Å²) >= 11 is 0. The molecule has 1 aliphatic rings. The molecule has 0 aromatic heterocycles. The standard InChI is InChI=1S/C5H12N2O.2ClH/c6-5-1-4(2-5)3-8-7;;/h4-5H,1-3,6-7H2;2*1H/t4-,5-;;. The van der Waals surface area contributed by atoms with Crippen LogP contribution in [-0.4, -0.2) is 12.6 Å². The van der Waals surface area contributed by atoms with E-state index in [1.54, 1.807) is 0 Å². The van der Waals surface area contributed by atoms with Crippen molar-refractivity contribution in [1.29, 1.82) is 0 Å². The van der Waals surface area contributed by atoms with Crippen molar-refractivity contribution >= 4 is 24.8 Å². The molecule has 3 nitrogen and oxygen atoms in total. The molecule has 1 rings (SSSR count). The fourth-order valence-corrected chi connectivity index (χ4v) is 1.06. The average molecular weight is 189 g/mol. The number of rotatable bonds is 2. The molecule has 0 radical (unpaired) electrons. The van der Waals surface area contributed by atoms with E-state index in [1.807, 2.05) is 0 Å². The van der Waals surface area contributed by atoms with E-state index in [9.17, 15) is 0 Å². The number of nitrogens with two attached hydrogens (primary N) is 2. The lowest BCUT2D eigenvalue weighted by atomic mass is 9.82. The second-order valence-corrected chi connectivity index (χ2v) is 2.43. The fraction of sp³-hybridized carbons (Fsp3) is 1.00. The van der Waals surface area contributed by atoms with Gasteiger partial charge in [-0.1, -0.05) is 0 Å². The summed E-state index contributed by atoms with van der Waals surface area (Å²) < 4.78 is 0. The van der Waals surface area contributed by atoms with Gasteiger partial charge in [0.05, 0.1) is 6.61 Å². The van der Waals surface area contributed by atoms with Gasteiger partial charge in [0.15, 0.2) is 0 Å². The largest absolute Gasteiger partial charge is 0.328 e. The molecule has 0 aromatic carbocycles. The molecule has 0 aliphatic heterocycles. The van der Waals surface area contributed by atoms with Crippen molar-refractivity contribution in [2.45, 2.75) is 18.9 Å². The summed E-state index contributed by atoms with van der Waals surface area (Å²) in [6.45, 7) is 0.674. The van der Waals surface area contributed by atoms with Crippen LogP contribution in [0.2, 0.25) is 0 Å². The predicted octanol–water partition coefficient (Wildman–Crippen LogP) is 0.458. The first kappa shape index (κ1) is 13.1. The Balaban J connectivity index is 0. The van der Waals surface area contributed by atoms with Crippen LogP contribution in [0, 0.1) is 5.92 Å². The number of hydrogen-bond acceptors (Lipinski definition) is 3. The van der Waals surface area contributed by atoms with Crippen molar-refractivity contribution in [3.63, 3.8) is 0 Å². The maximum Gasteiger partial charge on any atom is 0.0708 e. The molecular formula is C5H14Cl2N2O. The van der Waals surface area contributed by atoms with Gasteiger partial charge in [0.2, 0.25) is 0 Å². The van der Waals surface area contributed by atoms with Crippen molar-refractivity contribution < 1.29 is 4.84 Å². The molecule has 0 bridgehead atoms. The minimum Gasteiger partial charge on any atom is -0.328 e. The smallest absolute Gasteiger partial charge is 0.0708 e. The Morgan fingerprint density at radius 2 is 1.80 bits per heavy atom. The quantitative estimate of drug-likeness (QED) is 0.620. The first-order chi connectivity index (χ1) is 3.83. The van der Waals surface area contributed by atoms with E-state index < -0.39 is 0 Å². The average Bonchev–Trinajstić information content (AvgIpc) is 1.64. The monoisotopic (exact) mass is 188 g/mol. The third-order valence-electron chi connectivity index (χ3n) is 1.60. The van der Waals surface area contributed by atoms with Gasteiger partial charge < -0.3 is 10.6 Å². The van der Waals surface area contributed by atoms with E-state index in [2.05, 4.69) is 4.84 Å². The summed E-state index contributed by atoms with van der Waals surface area (Å²) in [4.78, 5) is 4.44. The lowest BCUT2D eigenvalue weighted by Crippen LogP contribution is -2.38. The van der Waals surface area contributed by atoms with Crippen molar-refractivity contribution in [2.75, 3.05) is 6.61 Å². The molecule has 0 atom stereocenters. The zero-order chi connectivity index (χ0) is 5.98.